The first-order valence-electron chi connectivity index (χ1n) is 17.8. The molecule has 0 aromatic heterocycles. The average Bonchev–Trinajstić information content (AvgIpc) is 3.02. The highest BCUT2D eigenvalue weighted by molar-refractivity contribution is 7.47. The van der Waals surface area contributed by atoms with Crippen LogP contribution in [0.15, 0.2) is 48.6 Å². The number of carbonyl (C=O) groups excluding carboxylic acids is 1. The van der Waals surface area contributed by atoms with Crippen LogP contribution in [0.3, 0.4) is 0 Å². The summed E-state index contributed by atoms with van der Waals surface area (Å²) in [7, 11) is -4.33. The maximum Gasteiger partial charge on any atom is 0.472 e. The fourth-order valence-electron chi connectivity index (χ4n) is 4.73. The van der Waals surface area contributed by atoms with Gasteiger partial charge in [0.05, 0.1) is 25.4 Å². The fourth-order valence-corrected chi connectivity index (χ4v) is 5.49. The summed E-state index contributed by atoms with van der Waals surface area (Å²) in [4.78, 5) is 22.5. The van der Waals surface area contributed by atoms with Crippen molar-refractivity contribution in [1.82, 2.24) is 5.32 Å². The van der Waals surface area contributed by atoms with E-state index in [-0.39, 0.29) is 25.7 Å². The van der Waals surface area contributed by atoms with Crippen LogP contribution < -0.4 is 11.1 Å². The Labute approximate surface area is 275 Å². The Morgan fingerprint density at radius 1 is 0.756 bits per heavy atom. The summed E-state index contributed by atoms with van der Waals surface area (Å²) in [5.41, 5.74) is 5.34. The first-order chi connectivity index (χ1) is 21.9. The van der Waals surface area contributed by atoms with Crippen LogP contribution in [0.1, 0.15) is 142 Å². The lowest BCUT2D eigenvalue weighted by atomic mass is 10.1. The zero-order valence-electron chi connectivity index (χ0n) is 28.6. The molecule has 0 spiro atoms. The zero-order valence-corrected chi connectivity index (χ0v) is 29.5. The van der Waals surface area contributed by atoms with Crippen LogP contribution in [-0.4, -0.2) is 47.8 Å². The summed E-state index contributed by atoms with van der Waals surface area (Å²) in [5, 5.41) is 13.5. The number of hydrogen-bond donors (Lipinski definition) is 4. The van der Waals surface area contributed by atoms with Gasteiger partial charge in [0, 0.05) is 13.0 Å². The first kappa shape index (κ1) is 43.5. The molecule has 9 heteroatoms. The van der Waals surface area contributed by atoms with E-state index in [0.717, 1.165) is 70.6 Å². The van der Waals surface area contributed by atoms with E-state index in [0.29, 0.717) is 6.42 Å². The summed E-state index contributed by atoms with van der Waals surface area (Å²) in [6.07, 6.45) is 37.3. The molecule has 0 radical (unpaired) electrons. The van der Waals surface area contributed by atoms with E-state index in [1.54, 1.807) is 6.08 Å². The maximum absolute atomic E-state index is 12.6. The van der Waals surface area contributed by atoms with Gasteiger partial charge < -0.3 is 21.1 Å². The van der Waals surface area contributed by atoms with Crippen LogP contribution >= 0.6 is 7.82 Å². The molecule has 0 bridgehead atoms. The number of nitrogens with two attached hydrogens (primary N) is 1. The molecule has 0 saturated heterocycles. The third-order valence-electron chi connectivity index (χ3n) is 7.41. The Balaban J connectivity index is 4.30. The van der Waals surface area contributed by atoms with Crippen molar-refractivity contribution in [3.05, 3.63) is 48.6 Å². The molecule has 0 fully saturated rings. The fraction of sp³-hybridized carbons (Fsp3) is 0.750. The Morgan fingerprint density at radius 2 is 1.29 bits per heavy atom. The van der Waals surface area contributed by atoms with Crippen molar-refractivity contribution in [2.24, 2.45) is 5.73 Å². The molecule has 0 rings (SSSR count). The molecule has 0 heterocycles. The maximum atomic E-state index is 12.6. The number of amides is 1. The topological polar surface area (TPSA) is 131 Å². The van der Waals surface area contributed by atoms with Gasteiger partial charge >= 0.3 is 7.82 Å². The molecule has 3 atom stereocenters. The van der Waals surface area contributed by atoms with E-state index in [4.69, 9.17) is 14.8 Å². The molecule has 0 aliphatic heterocycles. The van der Waals surface area contributed by atoms with E-state index >= 15 is 0 Å². The third kappa shape index (κ3) is 30.9. The van der Waals surface area contributed by atoms with Crippen molar-refractivity contribution in [3.63, 3.8) is 0 Å². The summed E-state index contributed by atoms with van der Waals surface area (Å²) in [6, 6.07) is -0.863. The molecular formula is C36H67N2O6P. The molecule has 0 aromatic carbocycles. The van der Waals surface area contributed by atoms with E-state index in [9.17, 15) is 19.4 Å². The van der Waals surface area contributed by atoms with Gasteiger partial charge in [0.1, 0.15) is 0 Å². The molecule has 0 aliphatic rings. The van der Waals surface area contributed by atoms with Crippen molar-refractivity contribution < 1.29 is 28.4 Å². The highest BCUT2D eigenvalue weighted by Gasteiger charge is 2.26. The number of phosphoric acid groups is 1. The largest absolute Gasteiger partial charge is 0.472 e. The van der Waals surface area contributed by atoms with Gasteiger partial charge in [-0.1, -0.05) is 133 Å². The van der Waals surface area contributed by atoms with Crippen LogP contribution in [0.2, 0.25) is 0 Å². The summed E-state index contributed by atoms with van der Waals surface area (Å²) in [6.45, 7) is 3.95. The number of aliphatic hydroxyl groups is 1. The lowest BCUT2D eigenvalue weighted by Gasteiger charge is -2.23. The van der Waals surface area contributed by atoms with Crippen LogP contribution in [0.5, 0.6) is 0 Å². The Hall–Kier alpha value is -1.54. The van der Waals surface area contributed by atoms with Crippen LogP contribution in [0, 0.1) is 0 Å². The SMILES string of the molecule is CC/C=C\C/C=C\C/C=C\CCCCCCCCCC(=O)NC(COP(=O)(O)OCCN)C(O)/C=C/CCCCCCCCC. The number of allylic oxidation sites excluding steroid dienone is 7. The van der Waals surface area contributed by atoms with Crippen LogP contribution in [0.4, 0.5) is 0 Å². The van der Waals surface area contributed by atoms with Gasteiger partial charge in [-0.15, -0.1) is 0 Å². The van der Waals surface area contributed by atoms with Crippen molar-refractivity contribution in [2.75, 3.05) is 19.8 Å². The number of nitrogens with one attached hydrogen (secondary N) is 1. The monoisotopic (exact) mass is 654 g/mol. The second kappa shape index (κ2) is 32.4. The molecule has 0 aromatic rings. The lowest BCUT2D eigenvalue weighted by molar-refractivity contribution is -0.123. The number of phosphoric ester groups is 1. The van der Waals surface area contributed by atoms with Gasteiger partial charge in [-0.05, 0) is 51.4 Å². The van der Waals surface area contributed by atoms with Gasteiger partial charge in [0.25, 0.3) is 0 Å². The first-order valence-corrected chi connectivity index (χ1v) is 19.3. The lowest BCUT2D eigenvalue weighted by Crippen LogP contribution is -2.45. The average molecular weight is 655 g/mol. The molecule has 5 N–H and O–H groups in total. The van der Waals surface area contributed by atoms with Gasteiger partial charge in [-0.25, -0.2) is 4.57 Å². The minimum Gasteiger partial charge on any atom is -0.387 e. The van der Waals surface area contributed by atoms with E-state index < -0.39 is 20.0 Å². The molecule has 0 saturated carbocycles. The standard InChI is InChI=1S/C36H67N2O6P/c1-3-5-7-9-11-13-14-15-16-17-18-19-20-22-24-26-28-30-36(40)38-34(33-44-45(41,42)43-32-31-37)35(39)29-27-25-23-21-12-10-8-6-4-2/h5,7,11,13,15-16,27,29,34-35,39H,3-4,6,8-10,12,14,17-26,28,30-33,37H2,1-2H3,(H,38,40)(H,41,42)/b7-5-,13-11-,16-15-,29-27+. The van der Waals surface area contributed by atoms with E-state index in [2.05, 4.69) is 55.6 Å². The van der Waals surface area contributed by atoms with Crippen LogP contribution in [-0.2, 0) is 18.4 Å². The zero-order chi connectivity index (χ0) is 33.3. The van der Waals surface area contributed by atoms with E-state index in [1.807, 2.05) is 6.08 Å². The van der Waals surface area contributed by atoms with Crippen molar-refractivity contribution in [2.45, 2.75) is 154 Å². The predicted molar refractivity (Wildman–Crippen MR) is 189 cm³/mol. The molecule has 8 nitrogen and oxygen atoms in total. The minimum atomic E-state index is -4.33. The quantitative estimate of drug-likeness (QED) is 0.0323. The molecule has 0 aliphatic carbocycles. The normalized spacial score (nSPS) is 15.0. The second-order valence-electron chi connectivity index (χ2n) is 11.7. The number of rotatable bonds is 32. The Bertz CT molecular complexity index is 845. The van der Waals surface area contributed by atoms with Crippen molar-refractivity contribution >= 4 is 13.7 Å². The number of aliphatic hydroxyl groups excluding tert-OH is 1. The molecule has 1 amide bonds. The summed E-state index contributed by atoms with van der Waals surface area (Å²) >= 11 is 0. The molecule has 3 unspecified atom stereocenters. The second-order valence-corrected chi connectivity index (χ2v) is 13.1. The minimum absolute atomic E-state index is 0.0746. The molecule has 262 valence electrons. The van der Waals surface area contributed by atoms with Gasteiger partial charge in [-0.3, -0.25) is 13.8 Å². The summed E-state index contributed by atoms with van der Waals surface area (Å²) < 4.78 is 21.9. The Morgan fingerprint density at radius 3 is 1.89 bits per heavy atom. The number of hydrogen-bond acceptors (Lipinski definition) is 6. The van der Waals surface area contributed by atoms with Crippen LogP contribution in [0.25, 0.3) is 0 Å². The number of unbranched alkanes of at least 4 members (excludes halogenated alkanes) is 14. The van der Waals surface area contributed by atoms with Crippen molar-refractivity contribution in [1.29, 1.82) is 0 Å². The Kier molecular flexibility index (Phi) is 31.3. The predicted octanol–water partition coefficient (Wildman–Crippen LogP) is 8.99. The third-order valence-corrected chi connectivity index (χ3v) is 8.39. The summed E-state index contributed by atoms with van der Waals surface area (Å²) in [5.74, 6) is -0.210. The van der Waals surface area contributed by atoms with Gasteiger partial charge in [-0.2, -0.15) is 0 Å². The number of carbonyl (C=O) groups is 1. The van der Waals surface area contributed by atoms with Gasteiger partial charge in [0.2, 0.25) is 5.91 Å². The highest BCUT2D eigenvalue weighted by atomic mass is 31.2. The smallest absolute Gasteiger partial charge is 0.387 e. The van der Waals surface area contributed by atoms with Gasteiger partial charge in [0.15, 0.2) is 0 Å². The van der Waals surface area contributed by atoms with E-state index in [1.165, 1.54) is 51.4 Å². The molecular weight excluding hydrogens is 587 g/mol. The molecule has 45 heavy (non-hydrogen) atoms. The van der Waals surface area contributed by atoms with Crippen molar-refractivity contribution in [3.8, 4) is 0 Å². The highest BCUT2D eigenvalue weighted by Crippen LogP contribution is 2.43.